The Morgan fingerprint density at radius 3 is 2.44 bits per heavy atom. The van der Waals surface area contributed by atoms with Gasteiger partial charge < -0.3 is 13.9 Å². The first-order chi connectivity index (χ1) is 8.83. The molecule has 0 bridgehead atoms. The van der Waals surface area contributed by atoms with Gasteiger partial charge in [-0.3, -0.25) is 4.79 Å². The van der Waals surface area contributed by atoms with E-state index < -0.39 is 0 Å². The van der Waals surface area contributed by atoms with Gasteiger partial charge in [0.1, 0.15) is 12.4 Å². The van der Waals surface area contributed by atoms with Gasteiger partial charge in [0.25, 0.3) is 0 Å². The standard InChI is InChI=1S/C14H14O4/c1-2-16-13-5-3-4-6-14(13)17-10-12-8-7-11(9-15)18-12/h3-9H,2,10H2,1H3. The van der Waals surface area contributed by atoms with E-state index in [0.717, 1.165) is 0 Å². The number of para-hydroxylation sites is 2. The zero-order valence-corrected chi connectivity index (χ0v) is 10.1. The zero-order chi connectivity index (χ0) is 12.8. The van der Waals surface area contributed by atoms with Crippen molar-refractivity contribution in [3.05, 3.63) is 47.9 Å². The van der Waals surface area contributed by atoms with Gasteiger partial charge in [0.2, 0.25) is 0 Å². The molecule has 1 aromatic carbocycles. The highest BCUT2D eigenvalue weighted by atomic mass is 16.5. The lowest BCUT2D eigenvalue weighted by Crippen LogP contribution is -1.98. The molecule has 0 N–H and O–H groups in total. The largest absolute Gasteiger partial charge is 0.490 e. The maximum Gasteiger partial charge on any atom is 0.185 e. The lowest BCUT2D eigenvalue weighted by Gasteiger charge is -2.10. The highest BCUT2D eigenvalue weighted by Gasteiger charge is 2.06. The molecule has 4 heteroatoms. The Morgan fingerprint density at radius 2 is 1.83 bits per heavy atom. The smallest absolute Gasteiger partial charge is 0.185 e. The normalized spacial score (nSPS) is 10.1. The fourth-order valence-electron chi connectivity index (χ4n) is 1.53. The van der Waals surface area contributed by atoms with Crippen molar-refractivity contribution in [1.82, 2.24) is 0 Å². The number of carbonyl (C=O) groups excluding carboxylic acids is 1. The topological polar surface area (TPSA) is 48.7 Å². The number of benzene rings is 1. The minimum Gasteiger partial charge on any atom is -0.490 e. The zero-order valence-electron chi connectivity index (χ0n) is 10.1. The summed E-state index contributed by atoms with van der Waals surface area (Å²) < 4.78 is 16.3. The lowest BCUT2D eigenvalue weighted by molar-refractivity contribution is 0.109. The first-order valence-corrected chi connectivity index (χ1v) is 5.72. The molecule has 0 aliphatic carbocycles. The van der Waals surface area contributed by atoms with Crippen molar-refractivity contribution in [2.24, 2.45) is 0 Å². The van der Waals surface area contributed by atoms with Crippen LogP contribution in [0.2, 0.25) is 0 Å². The molecule has 1 heterocycles. The highest BCUT2D eigenvalue weighted by Crippen LogP contribution is 2.27. The van der Waals surface area contributed by atoms with Gasteiger partial charge >= 0.3 is 0 Å². The van der Waals surface area contributed by atoms with Crippen LogP contribution in [0, 0.1) is 0 Å². The van der Waals surface area contributed by atoms with E-state index in [9.17, 15) is 4.79 Å². The predicted octanol–water partition coefficient (Wildman–Crippen LogP) is 3.07. The molecule has 0 aliphatic rings. The highest BCUT2D eigenvalue weighted by molar-refractivity contribution is 5.70. The van der Waals surface area contributed by atoms with Gasteiger partial charge in [0.15, 0.2) is 23.5 Å². The summed E-state index contributed by atoms with van der Waals surface area (Å²) in [4.78, 5) is 10.5. The van der Waals surface area contributed by atoms with E-state index in [-0.39, 0.29) is 6.61 Å². The van der Waals surface area contributed by atoms with Crippen LogP contribution in [-0.2, 0) is 6.61 Å². The summed E-state index contributed by atoms with van der Waals surface area (Å²) in [5, 5.41) is 0. The van der Waals surface area contributed by atoms with Crippen LogP contribution in [0.5, 0.6) is 11.5 Å². The van der Waals surface area contributed by atoms with Gasteiger partial charge in [-0.1, -0.05) is 12.1 Å². The lowest BCUT2D eigenvalue weighted by atomic mass is 10.3. The van der Waals surface area contributed by atoms with Crippen LogP contribution >= 0.6 is 0 Å². The SMILES string of the molecule is CCOc1ccccc1OCc1ccc(C=O)o1. The molecule has 2 rings (SSSR count). The Balaban J connectivity index is 2.03. The minimum atomic E-state index is 0.262. The Bertz CT molecular complexity index is 516. The van der Waals surface area contributed by atoms with Gasteiger partial charge in [-0.2, -0.15) is 0 Å². The molecule has 0 unspecified atom stereocenters. The predicted molar refractivity (Wildman–Crippen MR) is 66.0 cm³/mol. The number of carbonyl (C=O) groups is 1. The molecule has 0 saturated carbocycles. The van der Waals surface area contributed by atoms with Crippen LogP contribution in [0.25, 0.3) is 0 Å². The first kappa shape index (κ1) is 12.2. The second kappa shape index (κ2) is 5.91. The molecule has 0 amide bonds. The fraction of sp³-hybridized carbons (Fsp3) is 0.214. The summed E-state index contributed by atoms with van der Waals surface area (Å²) in [6, 6.07) is 10.8. The number of rotatable bonds is 6. The second-order valence-electron chi connectivity index (χ2n) is 3.59. The van der Waals surface area contributed by atoms with E-state index in [4.69, 9.17) is 13.9 Å². The van der Waals surface area contributed by atoms with Crippen molar-refractivity contribution < 1.29 is 18.7 Å². The van der Waals surface area contributed by atoms with E-state index >= 15 is 0 Å². The molecule has 94 valence electrons. The molecule has 2 aromatic rings. The molecule has 0 spiro atoms. The first-order valence-electron chi connectivity index (χ1n) is 5.72. The van der Waals surface area contributed by atoms with Crippen LogP contribution < -0.4 is 9.47 Å². The third-order valence-electron chi connectivity index (χ3n) is 2.32. The molecule has 0 atom stereocenters. The van der Waals surface area contributed by atoms with Crippen molar-refractivity contribution in [2.75, 3.05) is 6.61 Å². The molecule has 1 aromatic heterocycles. The van der Waals surface area contributed by atoms with Gasteiger partial charge in [-0.25, -0.2) is 0 Å². The molecule has 0 radical (unpaired) electrons. The van der Waals surface area contributed by atoms with Crippen LogP contribution in [0.4, 0.5) is 0 Å². The van der Waals surface area contributed by atoms with Crippen molar-refractivity contribution in [2.45, 2.75) is 13.5 Å². The van der Waals surface area contributed by atoms with Crippen LogP contribution in [0.15, 0.2) is 40.8 Å². The molecule has 0 aliphatic heterocycles. The van der Waals surface area contributed by atoms with E-state index in [1.54, 1.807) is 12.1 Å². The Kier molecular flexibility index (Phi) is 4.02. The summed E-state index contributed by atoms with van der Waals surface area (Å²) in [6.45, 7) is 2.76. The maximum absolute atomic E-state index is 10.5. The van der Waals surface area contributed by atoms with E-state index in [0.29, 0.717) is 35.9 Å². The summed E-state index contributed by atoms with van der Waals surface area (Å²) in [5.41, 5.74) is 0. The number of hydrogen-bond acceptors (Lipinski definition) is 4. The van der Waals surface area contributed by atoms with Crippen LogP contribution in [0.3, 0.4) is 0 Å². The van der Waals surface area contributed by atoms with E-state index in [2.05, 4.69) is 0 Å². The average molecular weight is 246 g/mol. The number of ether oxygens (including phenoxy) is 2. The molecular formula is C14H14O4. The quantitative estimate of drug-likeness (QED) is 0.735. The van der Waals surface area contributed by atoms with Crippen molar-refractivity contribution >= 4 is 6.29 Å². The molecule has 0 fully saturated rings. The summed E-state index contributed by atoms with van der Waals surface area (Å²) in [5.74, 6) is 2.25. The fourth-order valence-corrected chi connectivity index (χ4v) is 1.53. The van der Waals surface area contributed by atoms with Gasteiger partial charge in [-0.15, -0.1) is 0 Å². The molecular weight excluding hydrogens is 232 g/mol. The summed E-state index contributed by atoms with van der Waals surface area (Å²) in [7, 11) is 0. The van der Waals surface area contributed by atoms with Crippen LogP contribution in [0.1, 0.15) is 23.2 Å². The Labute approximate surface area is 105 Å². The maximum atomic E-state index is 10.5. The monoisotopic (exact) mass is 246 g/mol. The van der Waals surface area contributed by atoms with Gasteiger partial charge in [0.05, 0.1) is 6.61 Å². The molecule has 18 heavy (non-hydrogen) atoms. The average Bonchev–Trinajstić information content (AvgIpc) is 2.86. The number of hydrogen-bond donors (Lipinski definition) is 0. The summed E-state index contributed by atoms with van der Waals surface area (Å²) >= 11 is 0. The second-order valence-corrected chi connectivity index (χ2v) is 3.59. The Hall–Kier alpha value is -2.23. The summed E-state index contributed by atoms with van der Waals surface area (Å²) in [6.07, 6.45) is 0.664. The third kappa shape index (κ3) is 2.91. The third-order valence-corrected chi connectivity index (χ3v) is 2.32. The van der Waals surface area contributed by atoms with E-state index in [1.807, 2.05) is 31.2 Å². The number of aldehydes is 1. The van der Waals surface area contributed by atoms with Crippen molar-refractivity contribution in [3.63, 3.8) is 0 Å². The Morgan fingerprint density at radius 1 is 1.11 bits per heavy atom. The van der Waals surface area contributed by atoms with Crippen LogP contribution in [-0.4, -0.2) is 12.9 Å². The molecule has 0 saturated heterocycles. The van der Waals surface area contributed by atoms with Gasteiger partial charge in [-0.05, 0) is 31.2 Å². The minimum absolute atomic E-state index is 0.262. The van der Waals surface area contributed by atoms with Crippen molar-refractivity contribution in [3.8, 4) is 11.5 Å². The van der Waals surface area contributed by atoms with Crippen molar-refractivity contribution in [1.29, 1.82) is 0 Å². The molecule has 4 nitrogen and oxygen atoms in total. The number of furan rings is 1. The van der Waals surface area contributed by atoms with E-state index in [1.165, 1.54) is 0 Å². The van der Waals surface area contributed by atoms with Gasteiger partial charge in [0, 0.05) is 0 Å².